The molecule has 5 rings (SSSR count). The van der Waals surface area contributed by atoms with Crippen LogP contribution >= 0.6 is 0 Å². The van der Waals surface area contributed by atoms with E-state index in [-0.39, 0.29) is 6.04 Å². The number of rotatable bonds is 9. The number of nitrogens with one attached hydrogen (secondary N) is 1. The summed E-state index contributed by atoms with van der Waals surface area (Å²) in [6.07, 6.45) is 1.84. The van der Waals surface area contributed by atoms with E-state index in [0.29, 0.717) is 13.2 Å². The molecule has 0 amide bonds. The molecule has 0 aliphatic carbocycles. The lowest BCUT2D eigenvalue weighted by Gasteiger charge is -2.29. The van der Waals surface area contributed by atoms with Gasteiger partial charge in [0.05, 0.1) is 19.8 Å². The monoisotopic (exact) mass is 465 g/mol. The van der Waals surface area contributed by atoms with Crippen molar-refractivity contribution in [2.45, 2.75) is 25.5 Å². The minimum Gasteiger partial charge on any atom is -0.493 e. The lowest BCUT2D eigenvalue weighted by molar-refractivity contribution is 0.283. The molecular weight excluding hydrogens is 434 g/mol. The zero-order chi connectivity index (χ0) is 23.9. The van der Waals surface area contributed by atoms with Crippen LogP contribution in [0.15, 0.2) is 97.1 Å². The van der Waals surface area contributed by atoms with Crippen molar-refractivity contribution in [2.75, 3.05) is 20.3 Å². The Bertz CT molecular complexity index is 1240. The van der Waals surface area contributed by atoms with Gasteiger partial charge in [-0.2, -0.15) is 0 Å². The smallest absolute Gasteiger partial charge is 0.162 e. The molecule has 0 fully saturated rings. The van der Waals surface area contributed by atoms with Crippen molar-refractivity contribution in [3.63, 3.8) is 0 Å². The molecule has 4 aromatic carbocycles. The summed E-state index contributed by atoms with van der Waals surface area (Å²) in [5.74, 6) is 2.43. The molecule has 1 unspecified atom stereocenters. The average molecular weight is 466 g/mol. The first-order valence-corrected chi connectivity index (χ1v) is 12.2. The van der Waals surface area contributed by atoms with E-state index in [0.717, 1.165) is 42.2 Å². The van der Waals surface area contributed by atoms with Gasteiger partial charge in [-0.1, -0.05) is 72.8 Å². The SMILES string of the molecule is COc1cc2c(cc1OCc1ccccc1)C(c1cccc(OCCc3ccccc3)c1)NCC2. The number of hydrogen-bond donors (Lipinski definition) is 1. The molecule has 1 aliphatic rings. The minimum absolute atomic E-state index is 0.0707. The summed E-state index contributed by atoms with van der Waals surface area (Å²) in [4.78, 5) is 0. The van der Waals surface area contributed by atoms with Gasteiger partial charge in [0.2, 0.25) is 0 Å². The van der Waals surface area contributed by atoms with E-state index in [2.05, 4.69) is 72.0 Å². The fourth-order valence-electron chi connectivity index (χ4n) is 4.58. The summed E-state index contributed by atoms with van der Waals surface area (Å²) in [5.41, 5.74) is 6.10. The van der Waals surface area contributed by atoms with Crippen molar-refractivity contribution in [1.29, 1.82) is 0 Å². The summed E-state index contributed by atoms with van der Waals surface area (Å²) < 4.78 is 18.0. The van der Waals surface area contributed by atoms with E-state index in [1.807, 2.05) is 30.3 Å². The predicted molar refractivity (Wildman–Crippen MR) is 139 cm³/mol. The number of hydrogen-bond acceptors (Lipinski definition) is 4. The maximum atomic E-state index is 6.21. The lowest BCUT2D eigenvalue weighted by atomic mass is 9.89. The van der Waals surface area contributed by atoms with Gasteiger partial charge in [0.15, 0.2) is 11.5 Å². The van der Waals surface area contributed by atoms with Gasteiger partial charge >= 0.3 is 0 Å². The Kier molecular flexibility index (Phi) is 7.30. The molecule has 0 aromatic heterocycles. The van der Waals surface area contributed by atoms with Crippen LogP contribution in [-0.4, -0.2) is 20.3 Å². The fourth-order valence-corrected chi connectivity index (χ4v) is 4.58. The summed E-state index contributed by atoms with van der Waals surface area (Å²) in [5, 5.41) is 3.69. The lowest BCUT2D eigenvalue weighted by Crippen LogP contribution is -2.30. The summed E-state index contributed by atoms with van der Waals surface area (Å²) >= 11 is 0. The van der Waals surface area contributed by atoms with Crippen molar-refractivity contribution in [3.8, 4) is 17.2 Å². The molecule has 0 saturated heterocycles. The van der Waals surface area contributed by atoms with E-state index in [1.165, 1.54) is 22.3 Å². The molecule has 0 spiro atoms. The molecule has 4 nitrogen and oxygen atoms in total. The van der Waals surface area contributed by atoms with E-state index >= 15 is 0 Å². The van der Waals surface area contributed by atoms with Gasteiger partial charge in [0, 0.05) is 13.0 Å². The molecule has 35 heavy (non-hydrogen) atoms. The minimum atomic E-state index is 0.0707. The normalized spacial score (nSPS) is 14.7. The topological polar surface area (TPSA) is 39.7 Å². The van der Waals surface area contributed by atoms with Crippen LogP contribution in [0.1, 0.15) is 33.9 Å². The van der Waals surface area contributed by atoms with Crippen molar-refractivity contribution in [3.05, 3.63) is 125 Å². The number of ether oxygens (including phenoxy) is 3. The second-order valence-corrected chi connectivity index (χ2v) is 8.77. The van der Waals surface area contributed by atoms with Crippen molar-refractivity contribution < 1.29 is 14.2 Å². The fraction of sp³-hybridized carbons (Fsp3) is 0.226. The Morgan fingerprint density at radius 1 is 0.771 bits per heavy atom. The Labute approximate surface area is 207 Å². The third-order valence-corrected chi connectivity index (χ3v) is 6.41. The second kappa shape index (κ2) is 11.1. The van der Waals surface area contributed by atoms with Gasteiger partial charge in [-0.3, -0.25) is 0 Å². The van der Waals surface area contributed by atoms with Crippen LogP contribution in [0.4, 0.5) is 0 Å². The van der Waals surface area contributed by atoms with Crippen LogP contribution in [0.3, 0.4) is 0 Å². The third kappa shape index (κ3) is 5.67. The summed E-state index contributed by atoms with van der Waals surface area (Å²) in [6.45, 7) is 2.06. The Hall–Kier alpha value is -3.76. The van der Waals surface area contributed by atoms with Gasteiger partial charge in [-0.15, -0.1) is 0 Å². The third-order valence-electron chi connectivity index (χ3n) is 6.41. The van der Waals surface area contributed by atoms with Crippen molar-refractivity contribution in [1.82, 2.24) is 5.32 Å². The molecule has 1 aliphatic heterocycles. The molecule has 1 N–H and O–H groups in total. The first kappa shape index (κ1) is 23.0. The molecule has 4 aromatic rings. The number of fused-ring (bicyclic) bond motifs is 1. The molecule has 178 valence electrons. The van der Waals surface area contributed by atoms with Crippen LogP contribution in [0.2, 0.25) is 0 Å². The first-order valence-electron chi connectivity index (χ1n) is 12.2. The van der Waals surface area contributed by atoms with Gasteiger partial charge in [-0.05, 0) is 58.5 Å². The highest BCUT2D eigenvalue weighted by Crippen LogP contribution is 2.38. The highest BCUT2D eigenvalue weighted by Gasteiger charge is 2.24. The van der Waals surface area contributed by atoms with Crippen LogP contribution < -0.4 is 19.5 Å². The van der Waals surface area contributed by atoms with E-state index in [9.17, 15) is 0 Å². The second-order valence-electron chi connectivity index (χ2n) is 8.77. The Morgan fingerprint density at radius 2 is 1.54 bits per heavy atom. The first-order chi connectivity index (χ1) is 17.3. The molecule has 1 heterocycles. The Balaban J connectivity index is 1.34. The summed E-state index contributed by atoms with van der Waals surface area (Å²) in [7, 11) is 1.70. The quantitative estimate of drug-likeness (QED) is 0.323. The van der Waals surface area contributed by atoms with Crippen LogP contribution in [0, 0.1) is 0 Å². The van der Waals surface area contributed by atoms with Crippen LogP contribution in [0.5, 0.6) is 17.2 Å². The number of benzene rings is 4. The molecule has 4 heteroatoms. The van der Waals surface area contributed by atoms with E-state index in [1.54, 1.807) is 7.11 Å². The average Bonchev–Trinajstić information content (AvgIpc) is 2.92. The summed E-state index contributed by atoms with van der Waals surface area (Å²) in [6, 6.07) is 33.4. The number of methoxy groups -OCH3 is 1. The largest absolute Gasteiger partial charge is 0.493 e. The van der Waals surface area contributed by atoms with E-state index < -0.39 is 0 Å². The van der Waals surface area contributed by atoms with Gasteiger partial charge in [0.1, 0.15) is 12.4 Å². The zero-order valence-corrected chi connectivity index (χ0v) is 20.1. The molecule has 0 saturated carbocycles. The molecule has 0 bridgehead atoms. The molecule has 1 atom stereocenters. The highest BCUT2D eigenvalue weighted by molar-refractivity contribution is 5.52. The maximum absolute atomic E-state index is 6.21. The van der Waals surface area contributed by atoms with Crippen molar-refractivity contribution in [2.24, 2.45) is 0 Å². The zero-order valence-electron chi connectivity index (χ0n) is 20.1. The molecule has 0 radical (unpaired) electrons. The van der Waals surface area contributed by atoms with E-state index in [4.69, 9.17) is 14.2 Å². The van der Waals surface area contributed by atoms with Crippen LogP contribution in [0.25, 0.3) is 0 Å². The van der Waals surface area contributed by atoms with Crippen LogP contribution in [-0.2, 0) is 19.4 Å². The van der Waals surface area contributed by atoms with Gasteiger partial charge in [0.25, 0.3) is 0 Å². The van der Waals surface area contributed by atoms with Crippen molar-refractivity contribution >= 4 is 0 Å². The van der Waals surface area contributed by atoms with Gasteiger partial charge in [-0.25, -0.2) is 0 Å². The predicted octanol–water partition coefficient (Wildman–Crippen LogP) is 6.13. The van der Waals surface area contributed by atoms with Gasteiger partial charge < -0.3 is 19.5 Å². The standard InChI is InChI=1S/C31H31NO3/c1-33-29-20-25-15-17-32-31(28(25)21-30(29)35-22-24-11-6-3-7-12-24)26-13-8-14-27(19-26)34-18-16-23-9-4-2-5-10-23/h2-14,19-21,31-32H,15-18,22H2,1H3. The molecular formula is C31H31NO3. The Morgan fingerprint density at radius 3 is 2.31 bits per heavy atom. The maximum Gasteiger partial charge on any atom is 0.162 e. The highest BCUT2D eigenvalue weighted by atomic mass is 16.5.